The maximum Gasteiger partial charge on any atom is 0.123 e. The molecule has 5 heteroatoms. The summed E-state index contributed by atoms with van der Waals surface area (Å²) in [7, 11) is 0. The largest absolute Gasteiger partial charge is 0.509 e. The lowest BCUT2D eigenvalue weighted by Gasteiger charge is -2.48. The number of halogens is 2. The van der Waals surface area contributed by atoms with Crippen LogP contribution in [0.2, 0.25) is 0 Å². The summed E-state index contributed by atoms with van der Waals surface area (Å²) in [4.78, 5) is 2.24. The quantitative estimate of drug-likeness (QED) is 0.253. The predicted molar refractivity (Wildman–Crippen MR) is 141 cm³/mol. The van der Waals surface area contributed by atoms with Gasteiger partial charge in [-0.3, -0.25) is 0 Å². The van der Waals surface area contributed by atoms with Gasteiger partial charge in [-0.15, -0.1) is 6.58 Å². The number of hydrogen-bond donors (Lipinski definition) is 2. The molecule has 0 spiro atoms. The Labute approximate surface area is 204 Å². The summed E-state index contributed by atoms with van der Waals surface area (Å²) in [5, 5.41) is 18.3. The lowest BCUT2D eigenvalue weighted by Crippen LogP contribution is -2.54. The van der Waals surface area contributed by atoms with Crippen LogP contribution in [-0.2, 0) is 0 Å². The topological polar surface area (TPSA) is 43.7 Å². The van der Waals surface area contributed by atoms with Crippen molar-refractivity contribution in [3.63, 3.8) is 0 Å². The Morgan fingerprint density at radius 1 is 1.03 bits per heavy atom. The molecule has 3 nitrogen and oxygen atoms in total. The Balaban J connectivity index is 0.000000839. The van der Waals surface area contributed by atoms with Crippen molar-refractivity contribution in [1.82, 2.24) is 0 Å². The minimum absolute atomic E-state index is 0.0185. The summed E-state index contributed by atoms with van der Waals surface area (Å²) < 4.78 is 25.9. The van der Waals surface area contributed by atoms with Gasteiger partial charge in [0.05, 0.1) is 6.10 Å². The molecule has 2 N–H and O–H groups in total. The monoisotopic (exact) mass is 473 g/mol. The van der Waals surface area contributed by atoms with E-state index in [-0.39, 0.29) is 17.4 Å². The lowest BCUT2D eigenvalue weighted by molar-refractivity contribution is 0.146. The lowest BCUT2D eigenvalue weighted by atomic mass is 9.84. The van der Waals surface area contributed by atoms with Crippen LogP contribution < -0.4 is 4.90 Å². The summed E-state index contributed by atoms with van der Waals surface area (Å²) >= 11 is 0. The number of nitrogens with zero attached hydrogens (tertiary/aromatic N) is 1. The van der Waals surface area contributed by atoms with E-state index in [0.717, 1.165) is 24.2 Å². The van der Waals surface area contributed by atoms with Gasteiger partial charge < -0.3 is 15.1 Å². The van der Waals surface area contributed by atoms with Gasteiger partial charge in [0.2, 0.25) is 0 Å². The second-order valence-corrected chi connectivity index (χ2v) is 8.18. The van der Waals surface area contributed by atoms with Crippen LogP contribution in [0.25, 0.3) is 0 Å². The zero-order valence-electron chi connectivity index (χ0n) is 21.3. The van der Waals surface area contributed by atoms with E-state index in [1.165, 1.54) is 35.9 Å². The van der Waals surface area contributed by atoms with E-state index in [1.54, 1.807) is 24.3 Å². The molecular weight excluding hydrogens is 432 g/mol. The van der Waals surface area contributed by atoms with Gasteiger partial charge >= 0.3 is 0 Å². The van der Waals surface area contributed by atoms with E-state index in [2.05, 4.69) is 31.6 Å². The molecule has 0 saturated carbocycles. The zero-order valence-corrected chi connectivity index (χ0v) is 21.3. The van der Waals surface area contributed by atoms with Crippen molar-refractivity contribution < 1.29 is 19.0 Å². The van der Waals surface area contributed by atoms with Crippen LogP contribution in [-0.4, -0.2) is 22.8 Å². The highest BCUT2D eigenvalue weighted by molar-refractivity contribution is 5.50. The molecule has 1 saturated heterocycles. The van der Waals surface area contributed by atoms with Crippen molar-refractivity contribution in [2.24, 2.45) is 5.92 Å². The molecule has 0 bridgehead atoms. The van der Waals surface area contributed by atoms with E-state index < -0.39 is 6.10 Å². The van der Waals surface area contributed by atoms with E-state index in [4.69, 9.17) is 5.11 Å². The number of anilines is 1. The first kappa shape index (κ1) is 31.1. The number of allylic oxidation sites excluding steroid dienone is 2. The van der Waals surface area contributed by atoms with Crippen LogP contribution in [0.3, 0.4) is 0 Å². The Morgan fingerprint density at radius 3 is 1.82 bits per heavy atom. The second kappa shape index (κ2) is 16.7. The van der Waals surface area contributed by atoms with Crippen molar-refractivity contribution in [2.45, 2.75) is 59.6 Å². The third-order valence-corrected chi connectivity index (χ3v) is 5.06. The van der Waals surface area contributed by atoms with E-state index >= 15 is 0 Å². The molecule has 2 aromatic carbocycles. The molecule has 0 amide bonds. The maximum atomic E-state index is 13.0. The van der Waals surface area contributed by atoms with Crippen LogP contribution in [0.4, 0.5) is 14.5 Å². The highest BCUT2D eigenvalue weighted by atomic mass is 19.1. The third-order valence-electron chi connectivity index (χ3n) is 5.06. The number of benzene rings is 2. The van der Waals surface area contributed by atoms with E-state index in [9.17, 15) is 13.9 Å². The molecule has 1 heterocycles. The van der Waals surface area contributed by atoms with Crippen molar-refractivity contribution in [3.8, 4) is 0 Å². The highest BCUT2D eigenvalue weighted by Crippen LogP contribution is 2.35. The average Bonchev–Trinajstić information content (AvgIpc) is 2.81. The first-order valence-electron chi connectivity index (χ1n) is 11.6. The maximum absolute atomic E-state index is 13.0. The molecule has 3 rings (SSSR count). The van der Waals surface area contributed by atoms with Gasteiger partial charge in [-0.2, -0.15) is 0 Å². The fourth-order valence-electron chi connectivity index (χ4n) is 3.22. The smallest absolute Gasteiger partial charge is 0.123 e. The minimum Gasteiger partial charge on any atom is -0.509 e. The first-order valence-corrected chi connectivity index (χ1v) is 11.6. The molecule has 0 aliphatic carbocycles. The summed E-state index contributed by atoms with van der Waals surface area (Å²) in [5.41, 5.74) is 2.96. The molecule has 2 aromatic rings. The Morgan fingerprint density at radius 2 is 1.44 bits per heavy atom. The molecule has 0 aromatic heterocycles. The van der Waals surface area contributed by atoms with Crippen LogP contribution in [0.1, 0.15) is 59.1 Å². The fraction of sp³-hybridized carbons (Fsp3) is 0.379. The van der Waals surface area contributed by atoms with Gasteiger partial charge in [0.1, 0.15) is 17.4 Å². The Bertz CT molecular complexity index is 859. The van der Waals surface area contributed by atoms with Gasteiger partial charge in [0.15, 0.2) is 0 Å². The van der Waals surface area contributed by atoms with Crippen LogP contribution in [0.5, 0.6) is 0 Å². The Kier molecular flexibility index (Phi) is 15.2. The second-order valence-electron chi connectivity index (χ2n) is 8.18. The average molecular weight is 474 g/mol. The molecular formula is C29H41F2NO2. The summed E-state index contributed by atoms with van der Waals surface area (Å²) in [5.74, 6) is 0.0181. The number of hydrogen-bond acceptors (Lipinski definition) is 3. The van der Waals surface area contributed by atoms with Gasteiger partial charge in [-0.25, -0.2) is 8.78 Å². The number of aliphatic hydroxyl groups excluding tert-OH is 2. The van der Waals surface area contributed by atoms with Crippen LogP contribution in [0, 0.1) is 17.6 Å². The summed E-state index contributed by atoms with van der Waals surface area (Å²) in [6, 6.07) is 13.0. The van der Waals surface area contributed by atoms with E-state index in [1.807, 2.05) is 27.7 Å². The molecule has 188 valence electrons. The molecule has 3 atom stereocenters. The summed E-state index contributed by atoms with van der Waals surface area (Å²) in [6.45, 7) is 20.9. The van der Waals surface area contributed by atoms with Gasteiger partial charge in [0, 0.05) is 18.3 Å². The molecule has 1 aliphatic rings. The number of rotatable bonds is 6. The molecule has 1 fully saturated rings. The van der Waals surface area contributed by atoms with Crippen LogP contribution in [0.15, 0.2) is 85.7 Å². The predicted octanol–water partition coefficient (Wildman–Crippen LogP) is 8.16. The third kappa shape index (κ3) is 11.8. The van der Waals surface area contributed by atoms with Gasteiger partial charge in [-0.05, 0) is 87.6 Å². The van der Waals surface area contributed by atoms with Crippen LogP contribution >= 0.6 is 0 Å². The van der Waals surface area contributed by atoms with Gasteiger partial charge in [0.25, 0.3) is 0 Å². The zero-order chi connectivity index (χ0) is 26.3. The fourth-order valence-corrected chi connectivity index (χ4v) is 3.22. The summed E-state index contributed by atoms with van der Waals surface area (Å²) in [6.07, 6.45) is 2.30. The molecule has 34 heavy (non-hydrogen) atoms. The van der Waals surface area contributed by atoms with E-state index in [0.29, 0.717) is 18.4 Å². The minimum atomic E-state index is -0.553. The van der Waals surface area contributed by atoms with Crippen molar-refractivity contribution >= 4 is 5.69 Å². The standard InChI is InChI=1S/C19H21F2NO.C4H6O.C4H8.C2H6/c1-13-15(12-22(13)18-9-7-17(21)8-10-18)4-11-19(23)14-2-5-16(20)6-3-14;1-3-4(2)5;1-4(2)3;1-2/h2-3,5-10,13,15,19,23H,4,11-12H2,1H3;3,5H,1-2H2;1H2,2-3H3;1-2H3. The molecule has 0 radical (unpaired) electrons. The normalized spacial score (nSPS) is 16.6. The van der Waals surface area contributed by atoms with Gasteiger partial charge in [-0.1, -0.05) is 44.7 Å². The van der Waals surface area contributed by atoms with Crippen molar-refractivity contribution in [2.75, 3.05) is 11.4 Å². The first-order chi connectivity index (χ1) is 16.0. The van der Waals surface area contributed by atoms with Crippen molar-refractivity contribution in [1.29, 1.82) is 0 Å². The number of aliphatic hydroxyl groups is 2. The van der Waals surface area contributed by atoms with Crippen molar-refractivity contribution in [3.05, 3.63) is 103 Å². The molecule has 1 aliphatic heterocycles. The SMILES string of the molecule is C=C(C)C.C=CC(=C)O.CC.CC1C(CCC(O)c2ccc(F)cc2)CN1c1ccc(F)cc1. The Hall–Kier alpha value is -2.92. The molecule has 3 unspecified atom stereocenters. The highest BCUT2D eigenvalue weighted by Gasteiger charge is 2.35.